The van der Waals surface area contributed by atoms with Crippen molar-refractivity contribution in [2.45, 2.75) is 24.0 Å². The van der Waals surface area contributed by atoms with Gasteiger partial charge in [0, 0.05) is 21.8 Å². The molecule has 0 aliphatic carbocycles. The molecule has 192 valence electrons. The zero-order valence-corrected chi connectivity index (χ0v) is 22.6. The number of thioether (sulfide) groups is 1. The number of amides is 3. The lowest BCUT2D eigenvalue weighted by Gasteiger charge is -2.14. The van der Waals surface area contributed by atoms with Crippen molar-refractivity contribution in [1.29, 1.82) is 0 Å². The number of aryl methyl sites for hydroxylation is 1. The molecule has 3 aromatic carbocycles. The highest BCUT2D eigenvalue weighted by Crippen LogP contribution is 2.27. The van der Waals surface area contributed by atoms with E-state index in [4.69, 9.17) is 0 Å². The zero-order valence-electron chi connectivity index (χ0n) is 20.9. The molecule has 8 heteroatoms. The lowest BCUT2D eigenvalue weighted by atomic mass is 10.2. The summed E-state index contributed by atoms with van der Waals surface area (Å²) in [5.74, 6) is -0.939. The van der Waals surface area contributed by atoms with E-state index in [9.17, 15) is 14.4 Å². The number of hydrogen-bond donors (Lipinski definition) is 3. The average Bonchev–Trinajstić information content (AvgIpc) is 3.43. The molecule has 6 nitrogen and oxygen atoms in total. The quantitative estimate of drug-likeness (QED) is 0.165. The van der Waals surface area contributed by atoms with Crippen LogP contribution >= 0.6 is 23.1 Å². The first kappa shape index (κ1) is 26.9. The van der Waals surface area contributed by atoms with Gasteiger partial charge in [0.1, 0.15) is 5.70 Å². The first-order chi connectivity index (χ1) is 18.4. The van der Waals surface area contributed by atoms with Crippen molar-refractivity contribution in [3.63, 3.8) is 0 Å². The van der Waals surface area contributed by atoms with Crippen molar-refractivity contribution in [2.75, 3.05) is 10.6 Å². The topological polar surface area (TPSA) is 87.3 Å². The van der Waals surface area contributed by atoms with Gasteiger partial charge in [-0.25, -0.2) is 0 Å². The van der Waals surface area contributed by atoms with Gasteiger partial charge in [-0.3, -0.25) is 14.4 Å². The third-order valence-electron chi connectivity index (χ3n) is 5.48. The molecule has 0 saturated heterocycles. The molecule has 4 aromatic rings. The first-order valence-corrected chi connectivity index (χ1v) is 13.8. The van der Waals surface area contributed by atoms with Gasteiger partial charge < -0.3 is 16.0 Å². The van der Waals surface area contributed by atoms with Gasteiger partial charge in [0.05, 0.1) is 5.25 Å². The van der Waals surface area contributed by atoms with Crippen LogP contribution in [-0.4, -0.2) is 23.0 Å². The normalized spacial score (nSPS) is 11.9. The Hall–Kier alpha value is -4.14. The Morgan fingerprint density at radius 2 is 1.63 bits per heavy atom. The molecule has 1 aromatic heterocycles. The number of carbonyl (C=O) groups excluding carboxylic acids is 3. The highest BCUT2D eigenvalue weighted by atomic mass is 32.2. The minimum atomic E-state index is -0.451. The third-order valence-corrected chi connectivity index (χ3v) is 7.27. The lowest BCUT2D eigenvalue weighted by Crippen LogP contribution is -2.30. The van der Waals surface area contributed by atoms with Crippen LogP contribution in [0.1, 0.15) is 28.4 Å². The SMILES string of the molecule is Cc1ccc(NC(=O)C(C)Sc2cccc(NC(=O)/C(=C/c3ccsc3)NC(=O)c3ccccc3)c2)cc1. The Morgan fingerprint density at radius 3 is 2.34 bits per heavy atom. The number of hydrogen-bond acceptors (Lipinski definition) is 5. The van der Waals surface area contributed by atoms with Gasteiger partial charge in [-0.15, -0.1) is 11.8 Å². The smallest absolute Gasteiger partial charge is 0.272 e. The summed E-state index contributed by atoms with van der Waals surface area (Å²) in [6, 6.07) is 25.5. The molecule has 1 unspecified atom stereocenters. The highest BCUT2D eigenvalue weighted by Gasteiger charge is 2.17. The summed E-state index contributed by atoms with van der Waals surface area (Å²) < 4.78 is 0. The monoisotopic (exact) mass is 541 g/mol. The predicted octanol–water partition coefficient (Wildman–Crippen LogP) is 6.59. The first-order valence-electron chi connectivity index (χ1n) is 11.9. The van der Waals surface area contributed by atoms with E-state index >= 15 is 0 Å². The molecule has 1 atom stereocenters. The number of anilines is 2. The minimum absolute atomic E-state index is 0.113. The number of nitrogens with one attached hydrogen (secondary N) is 3. The summed E-state index contributed by atoms with van der Waals surface area (Å²) in [7, 11) is 0. The van der Waals surface area contributed by atoms with E-state index in [-0.39, 0.29) is 22.8 Å². The molecular formula is C30H27N3O3S2. The van der Waals surface area contributed by atoms with E-state index in [1.165, 1.54) is 23.1 Å². The molecule has 0 fully saturated rings. The van der Waals surface area contributed by atoms with Crippen molar-refractivity contribution in [3.05, 3.63) is 118 Å². The maximum Gasteiger partial charge on any atom is 0.272 e. The maximum atomic E-state index is 13.2. The predicted molar refractivity (Wildman–Crippen MR) is 156 cm³/mol. The third kappa shape index (κ3) is 7.68. The Labute approximate surface area is 230 Å². The second kappa shape index (κ2) is 12.9. The molecule has 0 aliphatic rings. The van der Waals surface area contributed by atoms with Crippen LogP contribution in [0, 0.1) is 6.92 Å². The van der Waals surface area contributed by atoms with Crippen molar-refractivity contribution < 1.29 is 14.4 Å². The van der Waals surface area contributed by atoms with Crippen molar-refractivity contribution >= 4 is 58.3 Å². The van der Waals surface area contributed by atoms with Crippen LogP contribution in [0.25, 0.3) is 6.08 Å². The van der Waals surface area contributed by atoms with Gasteiger partial charge in [0.25, 0.3) is 11.8 Å². The molecule has 0 radical (unpaired) electrons. The summed E-state index contributed by atoms with van der Waals surface area (Å²) in [6.45, 7) is 3.83. The second-order valence-corrected chi connectivity index (χ2v) is 10.7. The fourth-order valence-electron chi connectivity index (χ4n) is 3.45. The van der Waals surface area contributed by atoms with E-state index in [1.54, 1.807) is 42.5 Å². The minimum Gasteiger partial charge on any atom is -0.325 e. The van der Waals surface area contributed by atoms with Crippen molar-refractivity contribution in [2.24, 2.45) is 0 Å². The van der Waals surface area contributed by atoms with Crippen LogP contribution in [0.3, 0.4) is 0 Å². The molecule has 0 saturated carbocycles. The molecule has 0 aliphatic heterocycles. The summed E-state index contributed by atoms with van der Waals surface area (Å²) in [4.78, 5) is 39.5. The lowest BCUT2D eigenvalue weighted by molar-refractivity contribution is -0.115. The van der Waals surface area contributed by atoms with Gasteiger partial charge in [-0.1, -0.05) is 42.0 Å². The molecule has 38 heavy (non-hydrogen) atoms. The van der Waals surface area contributed by atoms with E-state index in [0.717, 1.165) is 21.7 Å². The molecule has 3 N–H and O–H groups in total. The Kier molecular flexibility index (Phi) is 9.13. The number of carbonyl (C=O) groups is 3. The van der Waals surface area contributed by atoms with E-state index in [0.29, 0.717) is 11.3 Å². The van der Waals surface area contributed by atoms with Crippen LogP contribution in [0.2, 0.25) is 0 Å². The number of rotatable bonds is 9. The number of benzene rings is 3. The molecule has 0 spiro atoms. The van der Waals surface area contributed by atoms with E-state index in [2.05, 4.69) is 16.0 Å². The number of thiophene rings is 1. The van der Waals surface area contributed by atoms with Crippen LogP contribution in [0.4, 0.5) is 11.4 Å². The van der Waals surface area contributed by atoms with Crippen LogP contribution in [-0.2, 0) is 9.59 Å². The molecular weight excluding hydrogens is 514 g/mol. The molecule has 4 rings (SSSR count). The highest BCUT2D eigenvalue weighted by molar-refractivity contribution is 8.00. The summed E-state index contributed by atoms with van der Waals surface area (Å²) >= 11 is 2.89. The maximum absolute atomic E-state index is 13.2. The van der Waals surface area contributed by atoms with Gasteiger partial charge in [0.15, 0.2) is 0 Å². The summed E-state index contributed by atoms with van der Waals surface area (Å²) in [5, 5.41) is 12.0. The van der Waals surface area contributed by atoms with Gasteiger partial charge in [-0.2, -0.15) is 11.3 Å². The summed E-state index contributed by atoms with van der Waals surface area (Å²) in [5.41, 5.74) is 3.81. The largest absolute Gasteiger partial charge is 0.325 e. The van der Waals surface area contributed by atoms with Crippen molar-refractivity contribution in [1.82, 2.24) is 5.32 Å². The van der Waals surface area contributed by atoms with E-state index < -0.39 is 5.91 Å². The fraction of sp³-hybridized carbons (Fsp3) is 0.100. The Morgan fingerprint density at radius 1 is 0.868 bits per heavy atom. The van der Waals surface area contributed by atoms with Crippen molar-refractivity contribution in [3.8, 4) is 0 Å². The average molecular weight is 542 g/mol. The summed E-state index contributed by atoms with van der Waals surface area (Å²) in [6.07, 6.45) is 1.64. The fourth-order valence-corrected chi connectivity index (χ4v) is 4.99. The standard InChI is InChI=1S/C30H27N3O3S2/c1-20-11-13-24(14-12-20)31-28(34)21(2)38-26-10-6-9-25(18-26)32-30(36)27(17-22-15-16-37-19-22)33-29(35)23-7-4-3-5-8-23/h3-19,21H,1-2H3,(H,31,34)(H,32,36)(H,33,35)/b27-17-. The van der Waals surface area contributed by atoms with Gasteiger partial charge in [-0.05, 0) is 84.8 Å². The van der Waals surface area contributed by atoms with Gasteiger partial charge >= 0.3 is 0 Å². The van der Waals surface area contributed by atoms with E-state index in [1.807, 2.05) is 73.1 Å². The zero-order chi connectivity index (χ0) is 26.9. The van der Waals surface area contributed by atoms with Crippen LogP contribution in [0.5, 0.6) is 0 Å². The Bertz CT molecular complexity index is 1430. The molecule has 3 amide bonds. The molecule has 0 bridgehead atoms. The molecule has 1 heterocycles. The second-order valence-electron chi connectivity index (χ2n) is 8.53. The Balaban J connectivity index is 1.44. The van der Waals surface area contributed by atoms with Crippen LogP contribution < -0.4 is 16.0 Å². The van der Waals surface area contributed by atoms with Gasteiger partial charge in [0.2, 0.25) is 5.91 Å². The van der Waals surface area contributed by atoms with Crippen LogP contribution in [0.15, 0.2) is 106 Å².